The molecule has 7 nitrogen and oxygen atoms in total. The van der Waals surface area contributed by atoms with Crippen LogP contribution < -0.4 is 10.6 Å². The normalized spacial score (nSPS) is 15.4. The van der Waals surface area contributed by atoms with Crippen LogP contribution in [0.1, 0.15) is 58.1 Å². The molecular formula is C27H34N2O5. The highest BCUT2D eigenvalue weighted by atomic mass is 16.5. The van der Waals surface area contributed by atoms with Gasteiger partial charge in [-0.3, -0.25) is 4.79 Å². The first-order chi connectivity index (χ1) is 16.0. The molecule has 2 aromatic rings. The van der Waals surface area contributed by atoms with Gasteiger partial charge in [0.15, 0.2) is 0 Å². The van der Waals surface area contributed by atoms with E-state index in [1.807, 2.05) is 50.2 Å². The molecule has 34 heavy (non-hydrogen) atoms. The molecule has 182 valence electrons. The summed E-state index contributed by atoms with van der Waals surface area (Å²) in [5.74, 6) is -1.96. The fraction of sp³-hybridized carbons (Fsp3) is 0.444. The van der Waals surface area contributed by atoms with Crippen molar-refractivity contribution in [2.24, 2.45) is 11.3 Å². The molecule has 3 atom stereocenters. The fourth-order valence-corrected chi connectivity index (χ4v) is 4.35. The van der Waals surface area contributed by atoms with Crippen molar-refractivity contribution in [1.82, 2.24) is 10.6 Å². The minimum atomic E-state index is -1.12. The third-order valence-corrected chi connectivity index (χ3v) is 6.51. The number of carbonyl (C=O) groups is 3. The Morgan fingerprint density at radius 3 is 1.97 bits per heavy atom. The summed E-state index contributed by atoms with van der Waals surface area (Å²) in [7, 11) is 0. The summed E-state index contributed by atoms with van der Waals surface area (Å²) >= 11 is 0. The molecule has 0 bridgehead atoms. The second-order valence-electron chi connectivity index (χ2n) is 9.98. The van der Waals surface area contributed by atoms with Crippen molar-refractivity contribution in [1.29, 1.82) is 0 Å². The Kier molecular flexibility index (Phi) is 7.64. The topological polar surface area (TPSA) is 105 Å². The van der Waals surface area contributed by atoms with Gasteiger partial charge >= 0.3 is 12.1 Å². The number of nitrogens with one attached hydrogen (secondary N) is 2. The molecule has 3 N–H and O–H groups in total. The summed E-state index contributed by atoms with van der Waals surface area (Å²) in [6.45, 7) is 9.09. The number of benzene rings is 2. The van der Waals surface area contributed by atoms with Gasteiger partial charge in [-0.15, -0.1) is 0 Å². The lowest BCUT2D eigenvalue weighted by Crippen LogP contribution is -2.57. The maximum absolute atomic E-state index is 13.0. The fourth-order valence-electron chi connectivity index (χ4n) is 4.35. The van der Waals surface area contributed by atoms with Crippen molar-refractivity contribution in [2.75, 3.05) is 6.61 Å². The third-order valence-electron chi connectivity index (χ3n) is 6.51. The molecule has 2 unspecified atom stereocenters. The summed E-state index contributed by atoms with van der Waals surface area (Å²) < 4.78 is 5.59. The van der Waals surface area contributed by atoms with Crippen LogP contribution in [-0.4, -0.2) is 41.8 Å². The average Bonchev–Trinajstić information content (AvgIpc) is 3.11. The van der Waals surface area contributed by atoms with Gasteiger partial charge in [0.2, 0.25) is 5.91 Å². The zero-order valence-electron chi connectivity index (χ0n) is 20.4. The lowest BCUT2D eigenvalue weighted by atomic mass is 9.86. The molecule has 0 aliphatic heterocycles. The summed E-state index contributed by atoms with van der Waals surface area (Å²) in [6, 6.07) is 14.1. The van der Waals surface area contributed by atoms with Crippen LogP contribution >= 0.6 is 0 Å². The molecule has 3 rings (SSSR count). The molecule has 0 radical (unpaired) electrons. The molecule has 2 amide bonds. The summed E-state index contributed by atoms with van der Waals surface area (Å²) in [5.41, 5.74) is 3.77. The van der Waals surface area contributed by atoms with Gasteiger partial charge in [0.1, 0.15) is 18.7 Å². The minimum Gasteiger partial charge on any atom is -0.480 e. The predicted octanol–water partition coefficient (Wildman–Crippen LogP) is 4.56. The van der Waals surface area contributed by atoms with Gasteiger partial charge in [0.25, 0.3) is 0 Å². The largest absolute Gasteiger partial charge is 0.480 e. The van der Waals surface area contributed by atoms with Crippen LogP contribution in [0.15, 0.2) is 48.5 Å². The van der Waals surface area contributed by atoms with Crippen LogP contribution in [0.4, 0.5) is 4.79 Å². The minimum absolute atomic E-state index is 0.0914. The van der Waals surface area contributed by atoms with E-state index in [9.17, 15) is 19.5 Å². The lowest BCUT2D eigenvalue weighted by Gasteiger charge is -2.31. The van der Waals surface area contributed by atoms with Crippen molar-refractivity contribution in [2.45, 2.75) is 59.0 Å². The number of carboxylic acids is 1. The Labute approximate surface area is 200 Å². The maximum Gasteiger partial charge on any atom is 0.407 e. The molecule has 1 aliphatic rings. The number of hydrogen-bond acceptors (Lipinski definition) is 4. The summed E-state index contributed by atoms with van der Waals surface area (Å²) in [5, 5.41) is 14.8. The van der Waals surface area contributed by atoms with Crippen LogP contribution in [0, 0.1) is 11.3 Å². The van der Waals surface area contributed by atoms with E-state index < -0.39 is 35.5 Å². The Balaban J connectivity index is 1.70. The standard InChI is InChI=1S/C27H34N2O5/c1-6-16(2)22(24(30)29-23(25(31)32)27(3,4)5)28-26(33)34-15-21-19-13-9-7-11-17(19)18-12-8-10-14-20(18)21/h7-14,16,21-23H,6,15H2,1-5H3,(H,28,33)(H,29,30)(H,31,32)/t16?,22?,23-/m1/s1. The van der Waals surface area contributed by atoms with E-state index in [1.54, 1.807) is 20.8 Å². The van der Waals surface area contributed by atoms with E-state index in [2.05, 4.69) is 22.8 Å². The SMILES string of the molecule is CCC(C)C(NC(=O)OCC1c2ccccc2-c2ccccc21)C(=O)N[C@H](C(=O)O)C(C)(C)C. The quantitative estimate of drug-likeness (QED) is 0.529. The van der Waals surface area contributed by atoms with Gasteiger partial charge < -0.3 is 20.5 Å². The predicted molar refractivity (Wildman–Crippen MR) is 130 cm³/mol. The number of alkyl carbamates (subject to hydrolysis) is 1. The van der Waals surface area contributed by atoms with Crippen molar-refractivity contribution >= 4 is 18.0 Å². The maximum atomic E-state index is 13.0. The second kappa shape index (κ2) is 10.3. The Morgan fingerprint density at radius 2 is 1.50 bits per heavy atom. The van der Waals surface area contributed by atoms with E-state index in [-0.39, 0.29) is 18.4 Å². The van der Waals surface area contributed by atoms with Crippen molar-refractivity contribution in [3.8, 4) is 11.1 Å². The molecule has 0 saturated carbocycles. The first kappa shape index (κ1) is 25.3. The van der Waals surface area contributed by atoms with E-state index in [0.29, 0.717) is 6.42 Å². The number of amides is 2. The van der Waals surface area contributed by atoms with Gasteiger partial charge in [-0.2, -0.15) is 0 Å². The lowest BCUT2D eigenvalue weighted by molar-refractivity contribution is -0.145. The van der Waals surface area contributed by atoms with Gasteiger partial charge in [-0.1, -0.05) is 89.6 Å². The van der Waals surface area contributed by atoms with Crippen molar-refractivity contribution in [3.05, 3.63) is 59.7 Å². The molecule has 0 fully saturated rings. The highest BCUT2D eigenvalue weighted by Gasteiger charge is 2.36. The van der Waals surface area contributed by atoms with E-state index in [0.717, 1.165) is 22.3 Å². The van der Waals surface area contributed by atoms with Gasteiger partial charge in [-0.25, -0.2) is 9.59 Å². The molecule has 7 heteroatoms. The monoisotopic (exact) mass is 466 g/mol. The highest BCUT2D eigenvalue weighted by molar-refractivity contribution is 5.89. The Hall–Kier alpha value is -3.35. The van der Waals surface area contributed by atoms with Gasteiger partial charge in [0, 0.05) is 5.92 Å². The van der Waals surface area contributed by atoms with Crippen molar-refractivity contribution in [3.63, 3.8) is 0 Å². The molecule has 1 aliphatic carbocycles. The van der Waals surface area contributed by atoms with Crippen LogP contribution in [0.3, 0.4) is 0 Å². The number of ether oxygens (including phenoxy) is 1. The molecule has 0 aromatic heterocycles. The zero-order chi connectivity index (χ0) is 25.0. The van der Waals surface area contributed by atoms with E-state index in [4.69, 9.17) is 4.74 Å². The van der Waals surface area contributed by atoms with Crippen LogP contribution in [0.2, 0.25) is 0 Å². The van der Waals surface area contributed by atoms with Crippen LogP contribution in [0.5, 0.6) is 0 Å². The third kappa shape index (κ3) is 5.41. The molecule has 0 spiro atoms. The summed E-state index contributed by atoms with van der Waals surface area (Å²) in [6.07, 6.45) is -0.0837. The average molecular weight is 467 g/mol. The molecule has 0 saturated heterocycles. The number of rotatable bonds is 8. The highest BCUT2D eigenvalue weighted by Crippen LogP contribution is 2.44. The number of aliphatic carboxylic acids is 1. The Morgan fingerprint density at radius 1 is 0.971 bits per heavy atom. The van der Waals surface area contributed by atoms with E-state index >= 15 is 0 Å². The number of hydrogen-bond donors (Lipinski definition) is 3. The number of carboxylic acid groups (broad SMARTS) is 1. The first-order valence-electron chi connectivity index (χ1n) is 11.7. The van der Waals surface area contributed by atoms with Gasteiger partial charge in [0.05, 0.1) is 0 Å². The number of carbonyl (C=O) groups excluding carboxylic acids is 2. The Bertz CT molecular complexity index is 1010. The van der Waals surface area contributed by atoms with Gasteiger partial charge in [-0.05, 0) is 33.6 Å². The molecular weight excluding hydrogens is 432 g/mol. The first-order valence-corrected chi connectivity index (χ1v) is 11.7. The van der Waals surface area contributed by atoms with E-state index in [1.165, 1.54) is 0 Å². The second-order valence-corrected chi connectivity index (χ2v) is 9.98. The van der Waals surface area contributed by atoms with Crippen LogP contribution in [-0.2, 0) is 14.3 Å². The summed E-state index contributed by atoms with van der Waals surface area (Å²) in [4.78, 5) is 37.4. The van der Waals surface area contributed by atoms with Crippen molar-refractivity contribution < 1.29 is 24.2 Å². The number of fused-ring (bicyclic) bond motifs is 3. The zero-order valence-corrected chi connectivity index (χ0v) is 20.4. The van der Waals surface area contributed by atoms with Crippen LogP contribution in [0.25, 0.3) is 11.1 Å². The molecule has 2 aromatic carbocycles. The molecule has 0 heterocycles. The smallest absolute Gasteiger partial charge is 0.407 e.